The van der Waals surface area contributed by atoms with Gasteiger partial charge in [-0.15, -0.1) is 0 Å². The minimum atomic E-state index is -0.221. The van der Waals surface area contributed by atoms with Crippen molar-refractivity contribution in [3.05, 3.63) is 17.5 Å². The zero-order valence-electron chi connectivity index (χ0n) is 13.3. The molecule has 112 valence electrons. The monoisotopic (exact) mass is 277 g/mol. The Morgan fingerprint density at radius 1 is 1.35 bits per heavy atom. The summed E-state index contributed by atoms with van der Waals surface area (Å²) in [6, 6.07) is 2.03. The van der Waals surface area contributed by atoms with Gasteiger partial charge < -0.3 is 0 Å². The fourth-order valence-corrected chi connectivity index (χ4v) is 3.72. The maximum Gasteiger partial charge on any atom is 0.158 e. The zero-order valence-corrected chi connectivity index (χ0v) is 13.3. The van der Waals surface area contributed by atoms with Crippen LogP contribution >= 0.6 is 0 Å². The molecule has 0 spiro atoms. The van der Waals surface area contributed by atoms with E-state index in [0.717, 1.165) is 37.3 Å². The maximum absolute atomic E-state index is 13.0. The van der Waals surface area contributed by atoms with Gasteiger partial charge in [-0.2, -0.15) is 5.10 Å². The van der Waals surface area contributed by atoms with Crippen LogP contribution in [0.4, 0.5) is 0 Å². The molecule has 4 nitrogen and oxygen atoms in total. The summed E-state index contributed by atoms with van der Waals surface area (Å²) in [7, 11) is 1.92. The maximum atomic E-state index is 13.0. The van der Waals surface area contributed by atoms with Crippen molar-refractivity contribution < 1.29 is 4.79 Å². The summed E-state index contributed by atoms with van der Waals surface area (Å²) in [5, 5.41) is 4.35. The van der Waals surface area contributed by atoms with E-state index in [2.05, 4.69) is 23.8 Å². The van der Waals surface area contributed by atoms with Crippen LogP contribution in [0.25, 0.3) is 0 Å². The molecule has 0 aromatic carbocycles. The molecule has 0 saturated heterocycles. The van der Waals surface area contributed by atoms with Crippen LogP contribution in [0.15, 0.2) is 6.07 Å². The average molecular weight is 277 g/mol. The summed E-state index contributed by atoms with van der Waals surface area (Å²) in [4.78, 5) is 15.3. The van der Waals surface area contributed by atoms with Crippen LogP contribution in [0.5, 0.6) is 0 Å². The molecule has 1 aliphatic carbocycles. The number of aryl methyl sites for hydroxylation is 2. The number of nitrogens with zero attached hydrogens (tertiary/aromatic N) is 3. The quantitative estimate of drug-likeness (QED) is 0.802. The summed E-state index contributed by atoms with van der Waals surface area (Å²) >= 11 is 0. The van der Waals surface area contributed by atoms with Gasteiger partial charge in [0.25, 0.3) is 0 Å². The standard InChI is InChI=1S/C16H27N3O/c1-5-19(6-2)16(9-7-8-10-16)15(20)12-14-11-13(3)17-18(14)4/h11H,5-10,12H2,1-4H3. The lowest BCUT2D eigenvalue weighted by molar-refractivity contribution is -0.130. The first-order valence-electron chi connectivity index (χ1n) is 7.81. The van der Waals surface area contributed by atoms with Crippen molar-refractivity contribution in [2.24, 2.45) is 7.05 Å². The molecule has 0 aliphatic heterocycles. The molecule has 4 heteroatoms. The van der Waals surface area contributed by atoms with Crippen LogP contribution in [-0.4, -0.2) is 39.1 Å². The number of Topliss-reactive ketones (excluding diaryl/α,β-unsaturated/α-hetero) is 1. The van der Waals surface area contributed by atoms with Crippen LogP contribution in [0.3, 0.4) is 0 Å². The van der Waals surface area contributed by atoms with E-state index in [4.69, 9.17) is 0 Å². The summed E-state index contributed by atoms with van der Waals surface area (Å²) in [6.45, 7) is 8.19. The van der Waals surface area contributed by atoms with E-state index in [1.165, 1.54) is 12.8 Å². The van der Waals surface area contributed by atoms with Crippen molar-refractivity contribution in [3.8, 4) is 0 Å². The molecule has 0 N–H and O–H groups in total. The van der Waals surface area contributed by atoms with Crippen molar-refractivity contribution in [3.63, 3.8) is 0 Å². The molecular weight excluding hydrogens is 250 g/mol. The summed E-state index contributed by atoms with van der Waals surface area (Å²) in [5.74, 6) is 0.377. The highest BCUT2D eigenvalue weighted by atomic mass is 16.1. The predicted molar refractivity (Wildman–Crippen MR) is 80.8 cm³/mol. The third-order valence-electron chi connectivity index (χ3n) is 4.76. The second-order valence-corrected chi connectivity index (χ2v) is 5.91. The molecule has 1 aliphatic rings. The third-order valence-corrected chi connectivity index (χ3v) is 4.76. The topological polar surface area (TPSA) is 38.1 Å². The van der Waals surface area contributed by atoms with Gasteiger partial charge in [0, 0.05) is 12.7 Å². The van der Waals surface area contributed by atoms with E-state index in [0.29, 0.717) is 12.2 Å². The lowest BCUT2D eigenvalue weighted by atomic mass is 9.87. The number of carbonyl (C=O) groups is 1. The number of hydrogen-bond acceptors (Lipinski definition) is 3. The van der Waals surface area contributed by atoms with Crippen LogP contribution < -0.4 is 0 Å². The molecule has 20 heavy (non-hydrogen) atoms. The Morgan fingerprint density at radius 2 is 1.95 bits per heavy atom. The fraction of sp³-hybridized carbons (Fsp3) is 0.750. The molecular formula is C16H27N3O. The van der Waals surface area contributed by atoms with Crippen LogP contribution in [0, 0.1) is 6.92 Å². The minimum Gasteiger partial charge on any atom is -0.297 e. The molecule has 0 radical (unpaired) electrons. The fourth-order valence-electron chi connectivity index (χ4n) is 3.72. The van der Waals surface area contributed by atoms with E-state index in [-0.39, 0.29) is 5.54 Å². The van der Waals surface area contributed by atoms with Gasteiger partial charge >= 0.3 is 0 Å². The summed E-state index contributed by atoms with van der Waals surface area (Å²) in [5.41, 5.74) is 1.80. The van der Waals surface area contributed by atoms with Gasteiger partial charge in [-0.05, 0) is 38.9 Å². The molecule has 0 unspecified atom stereocenters. The number of hydrogen-bond donors (Lipinski definition) is 0. The van der Waals surface area contributed by atoms with Gasteiger partial charge in [0.2, 0.25) is 0 Å². The van der Waals surface area contributed by atoms with Crippen molar-refractivity contribution in [1.82, 2.24) is 14.7 Å². The first kappa shape index (κ1) is 15.2. The zero-order chi connectivity index (χ0) is 14.8. The Hall–Kier alpha value is -1.16. The Balaban J connectivity index is 2.21. The van der Waals surface area contributed by atoms with Crippen molar-refractivity contribution in [2.75, 3.05) is 13.1 Å². The summed E-state index contributed by atoms with van der Waals surface area (Å²) < 4.78 is 1.85. The Morgan fingerprint density at radius 3 is 2.40 bits per heavy atom. The molecule has 1 aromatic rings. The molecule has 1 fully saturated rings. The Labute approximate surface area is 122 Å². The molecule has 1 saturated carbocycles. The minimum absolute atomic E-state index is 0.221. The molecule has 2 rings (SSSR count). The predicted octanol–water partition coefficient (Wildman–Crippen LogP) is 2.49. The van der Waals surface area contributed by atoms with E-state index in [1.54, 1.807) is 0 Å². The van der Waals surface area contributed by atoms with E-state index < -0.39 is 0 Å². The molecule has 0 amide bonds. The molecule has 1 heterocycles. The lowest BCUT2D eigenvalue weighted by Crippen LogP contribution is -2.53. The van der Waals surface area contributed by atoms with Gasteiger partial charge in [-0.3, -0.25) is 14.4 Å². The second-order valence-electron chi connectivity index (χ2n) is 5.91. The van der Waals surface area contributed by atoms with Crippen molar-refractivity contribution in [1.29, 1.82) is 0 Å². The van der Waals surface area contributed by atoms with Gasteiger partial charge in [-0.25, -0.2) is 0 Å². The average Bonchev–Trinajstić information content (AvgIpc) is 3.00. The normalized spacial score (nSPS) is 17.9. The van der Waals surface area contributed by atoms with Gasteiger partial charge in [0.1, 0.15) is 0 Å². The summed E-state index contributed by atoms with van der Waals surface area (Å²) in [6.07, 6.45) is 4.89. The Kier molecular flexibility index (Phi) is 4.63. The van der Waals surface area contributed by atoms with E-state index >= 15 is 0 Å². The number of aromatic nitrogens is 2. The van der Waals surface area contributed by atoms with Gasteiger partial charge in [0.05, 0.1) is 17.7 Å². The van der Waals surface area contributed by atoms with Crippen LogP contribution in [0.2, 0.25) is 0 Å². The van der Waals surface area contributed by atoms with Crippen molar-refractivity contribution >= 4 is 5.78 Å². The first-order valence-corrected chi connectivity index (χ1v) is 7.81. The number of ketones is 1. The lowest BCUT2D eigenvalue weighted by Gasteiger charge is -2.39. The third kappa shape index (κ3) is 2.66. The van der Waals surface area contributed by atoms with Gasteiger partial charge in [0.15, 0.2) is 5.78 Å². The molecule has 0 atom stereocenters. The van der Waals surface area contributed by atoms with Crippen LogP contribution in [-0.2, 0) is 18.3 Å². The van der Waals surface area contributed by atoms with Crippen molar-refractivity contribution in [2.45, 2.75) is 58.4 Å². The van der Waals surface area contributed by atoms with E-state index in [1.807, 2.05) is 24.7 Å². The van der Waals surface area contributed by atoms with Gasteiger partial charge in [-0.1, -0.05) is 26.7 Å². The first-order chi connectivity index (χ1) is 9.53. The van der Waals surface area contributed by atoms with E-state index in [9.17, 15) is 4.79 Å². The SMILES string of the molecule is CCN(CC)C1(C(=O)Cc2cc(C)nn2C)CCCC1. The van der Waals surface area contributed by atoms with Crippen LogP contribution in [0.1, 0.15) is 50.9 Å². The number of likely N-dealkylation sites (N-methyl/N-ethyl adjacent to an activating group) is 1. The smallest absolute Gasteiger partial charge is 0.158 e. The number of rotatable bonds is 6. The largest absolute Gasteiger partial charge is 0.297 e. The second kappa shape index (κ2) is 6.08. The highest BCUT2D eigenvalue weighted by Gasteiger charge is 2.44. The highest BCUT2D eigenvalue weighted by Crippen LogP contribution is 2.36. The number of carbonyl (C=O) groups excluding carboxylic acids is 1. The molecule has 0 bridgehead atoms. The highest BCUT2D eigenvalue weighted by molar-refractivity contribution is 5.90. The Bertz CT molecular complexity index is 468. The molecule has 1 aromatic heterocycles.